The summed E-state index contributed by atoms with van der Waals surface area (Å²) >= 11 is 5.95. The van der Waals surface area contributed by atoms with E-state index in [1.54, 1.807) is 18.2 Å². The fourth-order valence-corrected chi connectivity index (χ4v) is 4.32. The van der Waals surface area contributed by atoms with Crippen molar-refractivity contribution in [2.45, 2.75) is 56.8 Å². The Kier molecular flexibility index (Phi) is 7.38. The lowest BCUT2D eigenvalue weighted by atomic mass is 10.1. The molecule has 0 radical (unpaired) electrons. The number of anilines is 1. The zero-order valence-electron chi connectivity index (χ0n) is 12.1. The van der Waals surface area contributed by atoms with Crippen LogP contribution >= 0.6 is 11.6 Å². The van der Waals surface area contributed by atoms with Crippen molar-refractivity contribution in [2.24, 2.45) is 0 Å². The maximum absolute atomic E-state index is 12.2. The Hall–Kier alpha value is -0.740. The summed E-state index contributed by atoms with van der Waals surface area (Å²) in [4.78, 5) is 0.0904. The normalized spacial score (nSPS) is 11.7. The minimum Gasteiger partial charge on any atom is -0.398 e. The molecule has 1 aromatic rings. The average molecular weight is 318 g/mol. The quantitative estimate of drug-likeness (QED) is 0.541. The Balaban J connectivity index is 2.46. The summed E-state index contributed by atoms with van der Waals surface area (Å²) in [5.41, 5.74) is 5.97. The second kappa shape index (κ2) is 8.53. The van der Waals surface area contributed by atoms with Gasteiger partial charge in [-0.3, -0.25) is 0 Å². The van der Waals surface area contributed by atoms with E-state index in [0.29, 0.717) is 6.42 Å². The summed E-state index contributed by atoms with van der Waals surface area (Å²) in [6.45, 7) is 2.18. The standard InChI is InChI=1S/C15H24ClNO2S/c1-2-3-4-5-6-7-8-12-20(18,19)15-13(16)10-9-11-14(15)17/h9-11H,2-8,12,17H2,1H3. The highest BCUT2D eigenvalue weighted by Crippen LogP contribution is 2.28. The first-order chi connectivity index (χ1) is 9.49. The fraction of sp³-hybridized carbons (Fsp3) is 0.600. The van der Waals surface area contributed by atoms with Crippen molar-refractivity contribution in [1.82, 2.24) is 0 Å². The number of rotatable bonds is 9. The Morgan fingerprint density at radius 2 is 1.65 bits per heavy atom. The summed E-state index contributed by atoms with van der Waals surface area (Å²) in [5.74, 6) is 0.120. The molecule has 0 aliphatic rings. The van der Waals surface area contributed by atoms with E-state index in [1.807, 2.05) is 0 Å². The third-order valence-corrected chi connectivity index (χ3v) is 5.66. The first-order valence-electron chi connectivity index (χ1n) is 7.25. The number of unbranched alkanes of at least 4 members (excludes halogenated alkanes) is 6. The van der Waals surface area contributed by atoms with Crippen LogP contribution in [0.4, 0.5) is 5.69 Å². The van der Waals surface area contributed by atoms with E-state index < -0.39 is 9.84 Å². The molecular formula is C15H24ClNO2S. The van der Waals surface area contributed by atoms with Crippen molar-refractivity contribution in [3.8, 4) is 0 Å². The maximum atomic E-state index is 12.2. The molecule has 0 bridgehead atoms. The summed E-state index contributed by atoms with van der Waals surface area (Å²) in [6, 6.07) is 4.80. The van der Waals surface area contributed by atoms with Crippen LogP contribution in [0.15, 0.2) is 23.1 Å². The molecule has 0 saturated heterocycles. The fourth-order valence-electron chi connectivity index (χ4n) is 2.20. The van der Waals surface area contributed by atoms with Gasteiger partial charge in [0.15, 0.2) is 9.84 Å². The van der Waals surface area contributed by atoms with E-state index in [-0.39, 0.29) is 21.4 Å². The van der Waals surface area contributed by atoms with Crippen LogP contribution in [-0.4, -0.2) is 14.2 Å². The minimum atomic E-state index is -3.38. The van der Waals surface area contributed by atoms with Crippen molar-refractivity contribution in [3.05, 3.63) is 23.2 Å². The molecule has 0 unspecified atom stereocenters. The number of hydrogen-bond donors (Lipinski definition) is 1. The number of sulfone groups is 1. The second-order valence-corrected chi connectivity index (χ2v) is 7.55. The molecule has 0 amide bonds. The smallest absolute Gasteiger partial charge is 0.181 e. The van der Waals surface area contributed by atoms with Gasteiger partial charge in [0.05, 0.1) is 16.5 Å². The largest absolute Gasteiger partial charge is 0.398 e. The molecule has 114 valence electrons. The number of halogens is 1. The first kappa shape index (κ1) is 17.3. The van der Waals surface area contributed by atoms with E-state index in [2.05, 4.69) is 6.92 Å². The van der Waals surface area contributed by atoms with Gasteiger partial charge in [0.25, 0.3) is 0 Å². The molecule has 5 heteroatoms. The Morgan fingerprint density at radius 3 is 2.25 bits per heavy atom. The molecule has 1 rings (SSSR count). The second-order valence-electron chi connectivity index (χ2n) is 5.10. The van der Waals surface area contributed by atoms with Crippen molar-refractivity contribution in [1.29, 1.82) is 0 Å². The lowest BCUT2D eigenvalue weighted by Gasteiger charge is -2.09. The SMILES string of the molecule is CCCCCCCCCS(=O)(=O)c1c(N)cccc1Cl. The van der Waals surface area contributed by atoms with E-state index in [9.17, 15) is 8.42 Å². The van der Waals surface area contributed by atoms with Crippen LogP contribution < -0.4 is 5.73 Å². The lowest BCUT2D eigenvalue weighted by Crippen LogP contribution is -2.10. The van der Waals surface area contributed by atoms with Gasteiger partial charge in [0.2, 0.25) is 0 Å². The van der Waals surface area contributed by atoms with Crippen LogP contribution in [-0.2, 0) is 9.84 Å². The van der Waals surface area contributed by atoms with Crippen LogP contribution in [0.2, 0.25) is 5.02 Å². The van der Waals surface area contributed by atoms with Crippen LogP contribution in [0, 0.1) is 0 Å². The highest BCUT2D eigenvalue weighted by molar-refractivity contribution is 7.91. The van der Waals surface area contributed by atoms with Crippen LogP contribution in [0.3, 0.4) is 0 Å². The van der Waals surface area contributed by atoms with Gasteiger partial charge in [0.1, 0.15) is 4.90 Å². The molecule has 2 N–H and O–H groups in total. The molecule has 0 saturated carbocycles. The molecule has 3 nitrogen and oxygen atoms in total. The van der Waals surface area contributed by atoms with E-state index in [0.717, 1.165) is 12.8 Å². The highest BCUT2D eigenvalue weighted by atomic mass is 35.5. The third kappa shape index (κ3) is 5.33. The monoisotopic (exact) mass is 317 g/mol. The Bertz CT molecular complexity index is 494. The summed E-state index contributed by atoms with van der Waals surface area (Å²) in [5, 5.41) is 0.216. The number of hydrogen-bond acceptors (Lipinski definition) is 3. The predicted octanol–water partition coefficient (Wildman–Crippen LogP) is 4.45. The summed E-state index contributed by atoms with van der Waals surface area (Å²) < 4.78 is 24.5. The minimum absolute atomic E-state index is 0.0904. The molecule has 1 aromatic carbocycles. The van der Waals surface area contributed by atoms with Crippen molar-refractivity contribution in [3.63, 3.8) is 0 Å². The zero-order chi connectivity index (χ0) is 15.0. The third-order valence-electron chi connectivity index (χ3n) is 3.33. The maximum Gasteiger partial charge on any atom is 0.181 e. The molecule has 0 aliphatic heterocycles. The van der Waals surface area contributed by atoms with Crippen molar-refractivity contribution >= 4 is 27.1 Å². The van der Waals surface area contributed by atoms with Gasteiger partial charge in [0, 0.05) is 0 Å². The van der Waals surface area contributed by atoms with E-state index in [1.165, 1.54) is 25.7 Å². The molecule has 0 aliphatic carbocycles. The van der Waals surface area contributed by atoms with Crippen LogP contribution in [0.25, 0.3) is 0 Å². The lowest BCUT2D eigenvalue weighted by molar-refractivity contribution is 0.579. The molecule has 0 heterocycles. The van der Waals surface area contributed by atoms with Crippen LogP contribution in [0.1, 0.15) is 51.9 Å². The van der Waals surface area contributed by atoms with Gasteiger partial charge in [-0.2, -0.15) is 0 Å². The molecule has 0 aromatic heterocycles. The molecule has 0 spiro atoms. The molecular weight excluding hydrogens is 294 g/mol. The van der Waals surface area contributed by atoms with Gasteiger partial charge in [-0.25, -0.2) is 8.42 Å². The van der Waals surface area contributed by atoms with Gasteiger partial charge in [-0.05, 0) is 18.6 Å². The van der Waals surface area contributed by atoms with Gasteiger partial charge >= 0.3 is 0 Å². The Morgan fingerprint density at radius 1 is 1.05 bits per heavy atom. The average Bonchev–Trinajstić information content (AvgIpc) is 2.37. The number of benzene rings is 1. The van der Waals surface area contributed by atoms with Gasteiger partial charge < -0.3 is 5.73 Å². The highest BCUT2D eigenvalue weighted by Gasteiger charge is 2.20. The van der Waals surface area contributed by atoms with Crippen LogP contribution in [0.5, 0.6) is 0 Å². The first-order valence-corrected chi connectivity index (χ1v) is 9.29. The van der Waals surface area contributed by atoms with E-state index in [4.69, 9.17) is 17.3 Å². The summed E-state index contributed by atoms with van der Waals surface area (Å²) in [6.07, 6.45) is 7.59. The molecule has 20 heavy (non-hydrogen) atoms. The number of nitrogen functional groups attached to an aromatic ring is 1. The topological polar surface area (TPSA) is 60.2 Å². The van der Waals surface area contributed by atoms with Crippen molar-refractivity contribution < 1.29 is 8.42 Å². The van der Waals surface area contributed by atoms with Gasteiger partial charge in [-0.15, -0.1) is 0 Å². The number of nitrogens with two attached hydrogens (primary N) is 1. The Labute approximate surface area is 127 Å². The summed E-state index contributed by atoms with van der Waals surface area (Å²) in [7, 11) is -3.38. The van der Waals surface area contributed by atoms with Crippen molar-refractivity contribution in [2.75, 3.05) is 11.5 Å². The van der Waals surface area contributed by atoms with Gasteiger partial charge in [-0.1, -0.05) is 63.1 Å². The predicted molar refractivity (Wildman–Crippen MR) is 85.9 cm³/mol. The molecule has 0 atom stereocenters. The van der Waals surface area contributed by atoms with E-state index >= 15 is 0 Å². The molecule has 0 fully saturated rings. The zero-order valence-corrected chi connectivity index (χ0v) is 13.6.